The Hall–Kier alpha value is -1.57. The maximum Gasteiger partial charge on any atom is 0.334 e. The van der Waals surface area contributed by atoms with Crippen molar-refractivity contribution in [1.82, 2.24) is 0 Å². The first kappa shape index (κ1) is 41.6. The molecule has 0 radical (unpaired) electrons. The Morgan fingerprint density at radius 1 is 0.855 bits per heavy atom. The van der Waals surface area contributed by atoms with Crippen LogP contribution in [0.3, 0.4) is 0 Å². The van der Waals surface area contributed by atoms with E-state index < -0.39 is 104 Å². The Bertz CT molecular complexity index is 1500. The highest BCUT2D eigenvalue weighted by atomic mass is 16.7. The Morgan fingerprint density at radius 3 is 2.18 bits per heavy atom. The van der Waals surface area contributed by atoms with E-state index in [9.17, 15) is 50.8 Å². The van der Waals surface area contributed by atoms with Gasteiger partial charge < -0.3 is 69.6 Å². The van der Waals surface area contributed by atoms with Crippen LogP contribution in [0.1, 0.15) is 86.0 Å². The molecule has 312 valence electrons. The molecule has 7 rings (SSSR count). The van der Waals surface area contributed by atoms with Gasteiger partial charge in [-0.25, -0.2) is 4.79 Å². The summed E-state index contributed by atoms with van der Waals surface area (Å²) in [4.78, 5) is 12.6. The van der Waals surface area contributed by atoms with Crippen molar-refractivity contribution < 1.29 is 74.4 Å². The van der Waals surface area contributed by atoms with E-state index in [1.807, 2.05) is 13.8 Å². The van der Waals surface area contributed by atoms with Crippen LogP contribution < -0.4 is 0 Å². The van der Waals surface area contributed by atoms with Crippen LogP contribution in [0.4, 0.5) is 0 Å². The fraction of sp³-hybridized carbons (Fsp3) is 0.875. The molecule has 9 N–H and O–H groups in total. The van der Waals surface area contributed by atoms with E-state index in [0.29, 0.717) is 30.3 Å². The second-order valence-electron chi connectivity index (χ2n) is 18.3. The number of hydrogen-bond acceptors (Lipinski definition) is 15. The van der Waals surface area contributed by atoms with Crippen LogP contribution >= 0.6 is 0 Å². The summed E-state index contributed by atoms with van der Waals surface area (Å²) in [6.45, 7) is 8.86. The normalized spacial score (nSPS) is 51.3. The van der Waals surface area contributed by atoms with Crippen molar-refractivity contribution in [3.63, 3.8) is 0 Å². The van der Waals surface area contributed by atoms with Gasteiger partial charge in [-0.05, 0) is 88.4 Å². The van der Waals surface area contributed by atoms with E-state index in [1.54, 1.807) is 6.92 Å². The number of rotatable bonds is 8. The summed E-state index contributed by atoms with van der Waals surface area (Å²) in [6.07, 6.45) is -9.39. The van der Waals surface area contributed by atoms with Gasteiger partial charge in [0.2, 0.25) is 0 Å². The predicted octanol–water partition coefficient (Wildman–Crippen LogP) is -0.0516. The molecule has 55 heavy (non-hydrogen) atoms. The largest absolute Gasteiger partial charge is 0.456 e. The molecule has 0 aromatic heterocycles. The maximum atomic E-state index is 12.6. The molecule has 20 atom stereocenters. The van der Waals surface area contributed by atoms with Gasteiger partial charge >= 0.3 is 5.97 Å². The third-order valence-electron chi connectivity index (χ3n) is 15.5. The smallest absolute Gasteiger partial charge is 0.334 e. The summed E-state index contributed by atoms with van der Waals surface area (Å²) in [7, 11) is 0. The molecule has 3 saturated carbocycles. The van der Waals surface area contributed by atoms with Gasteiger partial charge in [0.15, 0.2) is 12.6 Å². The Morgan fingerprint density at radius 2 is 1.51 bits per heavy atom. The summed E-state index contributed by atoms with van der Waals surface area (Å²) < 4.78 is 28.9. The van der Waals surface area contributed by atoms with Crippen molar-refractivity contribution in [2.24, 2.45) is 34.5 Å². The van der Waals surface area contributed by atoms with Crippen molar-refractivity contribution in [1.29, 1.82) is 0 Å². The number of ether oxygens (including phenoxy) is 5. The van der Waals surface area contributed by atoms with E-state index in [-0.39, 0.29) is 29.6 Å². The zero-order valence-electron chi connectivity index (χ0n) is 32.4. The van der Waals surface area contributed by atoms with Crippen LogP contribution in [0.2, 0.25) is 0 Å². The molecule has 3 heterocycles. The van der Waals surface area contributed by atoms with Crippen LogP contribution in [0, 0.1) is 34.5 Å². The van der Waals surface area contributed by atoms with Gasteiger partial charge in [-0.15, -0.1) is 0 Å². The SMILES string of the molecule is CC1=C(C)C(=O)OC([C@@](C)(O)C2CCC3C4CC=C5C[C@@H](OC6OC(COC7OC(CO)C(O)C(O)C7O)C(O)C(O)C6O)C[C@H](O)[C@]5(C)C4CC[C@@]32C)C1. The molecule has 5 fully saturated rings. The number of aliphatic hydroxyl groups excluding tert-OH is 8. The molecular formula is C40H62O15. The van der Waals surface area contributed by atoms with Gasteiger partial charge in [0.05, 0.1) is 25.4 Å². The topological polar surface area (TPSA) is 245 Å². The molecule has 4 aliphatic carbocycles. The second-order valence-corrected chi connectivity index (χ2v) is 18.3. The van der Waals surface area contributed by atoms with Gasteiger partial charge in [0.25, 0.3) is 0 Å². The number of hydrogen-bond donors (Lipinski definition) is 9. The van der Waals surface area contributed by atoms with E-state index >= 15 is 0 Å². The van der Waals surface area contributed by atoms with E-state index in [2.05, 4.69) is 19.9 Å². The summed E-state index contributed by atoms with van der Waals surface area (Å²) in [6, 6.07) is 0. The second kappa shape index (κ2) is 15.2. The van der Waals surface area contributed by atoms with Crippen molar-refractivity contribution in [3.05, 3.63) is 22.8 Å². The third kappa shape index (κ3) is 6.86. The first-order valence-electron chi connectivity index (χ1n) is 20.1. The number of cyclic esters (lactones) is 1. The van der Waals surface area contributed by atoms with Crippen molar-refractivity contribution in [3.8, 4) is 0 Å². The minimum atomic E-state index is -1.68. The summed E-state index contributed by atoms with van der Waals surface area (Å²) >= 11 is 0. The first-order chi connectivity index (χ1) is 25.8. The van der Waals surface area contributed by atoms with Crippen LogP contribution in [-0.4, -0.2) is 150 Å². The molecule has 0 aromatic rings. The maximum absolute atomic E-state index is 12.6. The van der Waals surface area contributed by atoms with Crippen LogP contribution in [0.5, 0.6) is 0 Å². The molecule has 0 amide bonds. The van der Waals surface area contributed by atoms with Gasteiger partial charge in [0.1, 0.15) is 60.5 Å². The molecule has 7 aliphatic rings. The Balaban J connectivity index is 1.01. The lowest BCUT2D eigenvalue weighted by Crippen LogP contribution is -2.62. The van der Waals surface area contributed by atoms with Crippen molar-refractivity contribution in [2.75, 3.05) is 13.2 Å². The Kier molecular flexibility index (Phi) is 11.5. The number of carbonyl (C=O) groups is 1. The molecule has 3 aliphatic heterocycles. The molecule has 0 bridgehead atoms. The fourth-order valence-electron chi connectivity index (χ4n) is 11.9. The lowest BCUT2D eigenvalue weighted by atomic mass is 9.46. The number of aliphatic hydroxyl groups is 9. The predicted molar refractivity (Wildman–Crippen MR) is 191 cm³/mol. The van der Waals surface area contributed by atoms with Gasteiger partial charge in [-0.3, -0.25) is 0 Å². The average Bonchev–Trinajstić information content (AvgIpc) is 3.51. The highest BCUT2D eigenvalue weighted by Crippen LogP contribution is 2.68. The molecule has 0 spiro atoms. The summed E-state index contributed by atoms with van der Waals surface area (Å²) in [5.74, 6) is 0.398. The van der Waals surface area contributed by atoms with E-state index in [1.165, 1.54) is 0 Å². The Labute approximate surface area is 321 Å². The van der Waals surface area contributed by atoms with Gasteiger partial charge in [-0.1, -0.05) is 31.1 Å². The molecule has 15 unspecified atom stereocenters. The molecule has 2 saturated heterocycles. The van der Waals surface area contributed by atoms with Crippen LogP contribution in [0.25, 0.3) is 0 Å². The number of allylic oxidation sites excluding steroid dienone is 1. The minimum Gasteiger partial charge on any atom is -0.456 e. The molecule has 15 nitrogen and oxygen atoms in total. The lowest BCUT2D eigenvalue weighted by Gasteiger charge is -2.60. The van der Waals surface area contributed by atoms with E-state index in [4.69, 9.17) is 23.7 Å². The first-order valence-corrected chi connectivity index (χ1v) is 20.1. The zero-order valence-corrected chi connectivity index (χ0v) is 32.4. The quantitative estimate of drug-likeness (QED) is 0.116. The minimum absolute atomic E-state index is 0.0515. The van der Waals surface area contributed by atoms with E-state index in [0.717, 1.165) is 43.3 Å². The molecular weight excluding hydrogens is 720 g/mol. The summed E-state index contributed by atoms with van der Waals surface area (Å²) in [5, 5.41) is 96.4. The standard InChI is InChI=1S/C40H62O15/c1-17-12-28(55-35(49)18(17)2)40(5,50)26-9-8-22-21-7-6-19-13-20(14-27(42)39(19,4)23(21)10-11-38(22,26)3)52-37-34(48)32(46)30(44)25(54-37)16-51-36-33(47)31(45)29(43)24(15-41)53-36/h6,20-34,36-37,41-48,50H,7-16H2,1-5H3/t20-,21?,22?,23?,24?,25?,26?,27+,28?,29?,30?,31?,32?,33?,34?,36?,37?,38+,39+,40+/m1/s1. The molecule has 0 aromatic carbocycles. The number of fused-ring (bicyclic) bond motifs is 5. The lowest BCUT2D eigenvalue weighted by molar-refractivity contribution is -0.337. The third-order valence-corrected chi connectivity index (χ3v) is 15.5. The van der Waals surface area contributed by atoms with Crippen LogP contribution in [-0.2, 0) is 28.5 Å². The van der Waals surface area contributed by atoms with Gasteiger partial charge in [-0.2, -0.15) is 0 Å². The number of carbonyl (C=O) groups excluding carboxylic acids is 1. The average molecular weight is 783 g/mol. The highest BCUT2D eigenvalue weighted by molar-refractivity contribution is 5.89. The zero-order chi connectivity index (χ0) is 39.9. The van der Waals surface area contributed by atoms with Crippen molar-refractivity contribution in [2.45, 2.75) is 171 Å². The fourth-order valence-corrected chi connectivity index (χ4v) is 11.9. The highest BCUT2D eigenvalue weighted by Gasteiger charge is 2.64. The monoisotopic (exact) mass is 782 g/mol. The summed E-state index contributed by atoms with van der Waals surface area (Å²) in [5.41, 5.74) is 0.757. The van der Waals surface area contributed by atoms with Gasteiger partial charge in [0, 0.05) is 23.8 Å². The van der Waals surface area contributed by atoms with Crippen molar-refractivity contribution >= 4 is 5.97 Å². The molecule has 15 heteroatoms. The van der Waals surface area contributed by atoms with Crippen LogP contribution in [0.15, 0.2) is 22.8 Å². The number of esters is 1.